The molecular formula is C15H15FN2O3. The Balaban J connectivity index is 2.44. The van der Waals surface area contributed by atoms with Crippen LogP contribution in [0.15, 0.2) is 36.4 Å². The number of ether oxygens (including phenoxy) is 1. The zero-order valence-corrected chi connectivity index (χ0v) is 11.7. The normalized spacial score (nSPS) is 12.0. The highest BCUT2D eigenvalue weighted by atomic mass is 19.1. The van der Waals surface area contributed by atoms with Gasteiger partial charge in [-0.25, -0.2) is 4.39 Å². The number of nitro groups is 1. The summed E-state index contributed by atoms with van der Waals surface area (Å²) in [4.78, 5) is 10.5. The first kappa shape index (κ1) is 14.9. The molecule has 0 heterocycles. The number of rotatable bonds is 4. The topological polar surface area (TPSA) is 78.4 Å². The monoisotopic (exact) mass is 290 g/mol. The molecule has 0 aliphatic heterocycles. The van der Waals surface area contributed by atoms with Crippen molar-refractivity contribution in [3.8, 4) is 11.5 Å². The van der Waals surface area contributed by atoms with Crippen LogP contribution in [-0.4, -0.2) is 4.92 Å². The average Bonchev–Trinajstić information content (AvgIpc) is 2.42. The molecule has 0 spiro atoms. The van der Waals surface area contributed by atoms with Crippen LogP contribution in [0.2, 0.25) is 0 Å². The van der Waals surface area contributed by atoms with Gasteiger partial charge in [0.15, 0.2) is 0 Å². The van der Waals surface area contributed by atoms with E-state index in [1.807, 2.05) is 0 Å². The molecule has 1 atom stereocenters. The second-order valence-electron chi connectivity index (χ2n) is 4.73. The van der Waals surface area contributed by atoms with Crippen molar-refractivity contribution in [1.29, 1.82) is 0 Å². The second-order valence-corrected chi connectivity index (χ2v) is 4.73. The van der Waals surface area contributed by atoms with Gasteiger partial charge in [0.1, 0.15) is 17.3 Å². The van der Waals surface area contributed by atoms with Crippen LogP contribution in [0.3, 0.4) is 0 Å². The summed E-state index contributed by atoms with van der Waals surface area (Å²) in [5.74, 6) is 0.318. The first-order valence-electron chi connectivity index (χ1n) is 6.37. The van der Waals surface area contributed by atoms with Gasteiger partial charge in [0.25, 0.3) is 5.69 Å². The Labute approximate surface area is 121 Å². The van der Waals surface area contributed by atoms with Crippen LogP contribution in [0.4, 0.5) is 10.1 Å². The van der Waals surface area contributed by atoms with E-state index in [0.29, 0.717) is 22.6 Å². The van der Waals surface area contributed by atoms with Crippen LogP contribution in [0.5, 0.6) is 11.5 Å². The van der Waals surface area contributed by atoms with Crippen molar-refractivity contribution >= 4 is 5.69 Å². The highest BCUT2D eigenvalue weighted by Crippen LogP contribution is 2.34. The zero-order valence-electron chi connectivity index (χ0n) is 11.7. The number of nitrogens with zero attached hydrogens (tertiary/aromatic N) is 1. The van der Waals surface area contributed by atoms with Gasteiger partial charge >= 0.3 is 0 Å². The molecule has 2 N–H and O–H groups in total. The van der Waals surface area contributed by atoms with Crippen molar-refractivity contribution in [3.63, 3.8) is 0 Å². The number of halogens is 1. The zero-order chi connectivity index (χ0) is 15.6. The molecule has 2 aromatic rings. The van der Waals surface area contributed by atoms with Gasteiger partial charge in [0.05, 0.1) is 10.5 Å². The fraction of sp³-hybridized carbons (Fsp3) is 0.200. The Bertz CT molecular complexity index is 687. The van der Waals surface area contributed by atoms with Crippen molar-refractivity contribution in [3.05, 3.63) is 63.5 Å². The minimum atomic E-state index is -0.473. The highest BCUT2D eigenvalue weighted by Gasteiger charge is 2.17. The van der Waals surface area contributed by atoms with Crippen LogP contribution in [0.25, 0.3) is 0 Å². The molecule has 0 amide bonds. The molecule has 0 aromatic heterocycles. The van der Waals surface area contributed by atoms with Gasteiger partial charge in [0, 0.05) is 17.7 Å². The van der Waals surface area contributed by atoms with Crippen LogP contribution in [0.1, 0.15) is 24.1 Å². The predicted octanol–water partition coefficient (Wildman–Crippen LogP) is 3.85. The summed E-state index contributed by atoms with van der Waals surface area (Å²) in [6.07, 6.45) is 0. The average molecular weight is 290 g/mol. The van der Waals surface area contributed by atoms with E-state index < -0.39 is 16.8 Å². The fourth-order valence-corrected chi connectivity index (χ4v) is 2.00. The van der Waals surface area contributed by atoms with Crippen molar-refractivity contribution in [1.82, 2.24) is 0 Å². The van der Waals surface area contributed by atoms with Crippen LogP contribution < -0.4 is 10.5 Å². The van der Waals surface area contributed by atoms with E-state index in [4.69, 9.17) is 10.5 Å². The quantitative estimate of drug-likeness (QED) is 0.685. The Hall–Kier alpha value is -2.47. The van der Waals surface area contributed by atoms with E-state index in [0.717, 1.165) is 0 Å². The van der Waals surface area contributed by atoms with Gasteiger partial charge in [-0.3, -0.25) is 10.1 Å². The number of hydrogen-bond acceptors (Lipinski definition) is 4. The summed E-state index contributed by atoms with van der Waals surface area (Å²) >= 11 is 0. The lowest BCUT2D eigenvalue weighted by Crippen LogP contribution is -2.07. The van der Waals surface area contributed by atoms with Crippen molar-refractivity contribution in [2.45, 2.75) is 19.9 Å². The Morgan fingerprint density at radius 3 is 2.62 bits per heavy atom. The molecule has 110 valence electrons. The van der Waals surface area contributed by atoms with Gasteiger partial charge in [-0.15, -0.1) is 0 Å². The lowest BCUT2D eigenvalue weighted by Gasteiger charge is -2.15. The molecule has 0 saturated heterocycles. The SMILES string of the molecule is Cc1c(Oc2ccc(F)cc2[C@@H](C)N)cccc1[N+](=O)[O-]. The third-order valence-electron chi connectivity index (χ3n) is 3.13. The first-order valence-corrected chi connectivity index (χ1v) is 6.37. The smallest absolute Gasteiger partial charge is 0.276 e. The minimum absolute atomic E-state index is 0.0306. The maximum absolute atomic E-state index is 13.3. The summed E-state index contributed by atoms with van der Waals surface area (Å²) in [6.45, 7) is 3.31. The standard InChI is InChI=1S/C15H15FN2O3/c1-9-13(18(19)20)4-3-5-14(9)21-15-7-6-11(16)8-12(15)10(2)17/h3-8,10H,17H2,1-2H3/t10-/m1/s1. The molecule has 21 heavy (non-hydrogen) atoms. The lowest BCUT2D eigenvalue weighted by molar-refractivity contribution is -0.385. The third-order valence-corrected chi connectivity index (χ3v) is 3.13. The van der Waals surface area contributed by atoms with E-state index in [9.17, 15) is 14.5 Å². The molecule has 0 unspecified atom stereocenters. The molecule has 0 radical (unpaired) electrons. The highest BCUT2D eigenvalue weighted by molar-refractivity contribution is 5.50. The fourth-order valence-electron chi connectivity index (χ4n) is 2.00. The molecule has 0 fully saturated rings. The number of benzene rings is 2. The summed E-state index contributed by atoms with van der Waals surface area (Å²) in [5, 5.41) is 10.9. The molecule has 0 bridgehead atoms. The van der Waals surface area contributed by atoms with Gasteiger partial charge < -0.3 is 10.5 Å². The molecule has 2 aromatic carbocycles. The van der Waals surface area contributed by atoms with E-state index in [-0.39, 0.29) is 5.69 Å². The van der Waals surface area contributed by atoms with Gasteiger partial charge in [-0.1, -0.05) is 6.07 Å². The number of nitrogens with two attached hydrogens (primary N) is 1. The minimum Gasteiger partial charge on any atom is -0.456 e. The molecule has 0 aliphatic rings. The third kappa shape index (κ3) is 3.17. The molecular weight excluding hydrogens is 275 g/mol. The number of hydrogen-bond donors (Lipinski definition) is 1. The van der Waals surface area contributed by atoms with E-state index in [1.54, 1.807) is 19.9 Å². The van der Waals surface area contributed by atoms with Gasteiger partial charge in [-0.05, 0) is 38.1 Å². The van der Waals surface area contributed by atoms with Crippen LogP contribution in [0, 0.1) is 22.9 Å². The first-order chi connectivity index (χ1) is 9.90. The second kappa shape index (κ2) is 5.88. The van der Waals surface area contributed by atoms with E-state index in [2.05, 4.69) is 0 Å². The Kier molecular flexibility index (Phi) is 4.18. The number of nitro benzene ring substituents is 1. The van der Waals surface area contributed by atoms with E-state index in [1.165, 1.54) is 30.3 Å². The molecule has 0 saturated carbocycles. The maximum atomic E-state index is 13.3. The predicted molar refractivity (Wildman–Crippen MR) is 76.9 cm³/mol. The molecule has 2 rings (SSSR count). The Morgan fingerprint density at radius 2 is 2.00 bits per heavy atom. The van der Waals surface area contributed by atoms with Crippen molar-refractivity contribution < 1.29 is 14.1 Å². The largest absolute Gasteiger partial charge is 0.456 e. The lowest BCUT2D eigenvalue weighted by atomic mass is 10.1. The maximum Gasteiger partial charge on any atom is 0.276 e. The summed E-state index contributed by atoms with van der Waals surface area (Å²) in [5.41, 5.74) is 6.67. The van der Waals surface area contributed by atoms with Crippen LogP contribution in [-0.2, 0) is 0 Å². The van der Waals surface area contributed by atoms with Crippen molar-refractivity contribution in [2.24, 2.45) is 5.73 Å². The molecule has 0 aliphatic carbocycles. The molecule has 6 heteroatoms. The molecule has 5 nitrogen and oxygen atoms in total. The van der Waals surface area contributed by atoms with E-state index >= 15 is 0 Å². The van der Waals surface area contributed by atoms with Gasteiger partial charge in [0.2, 0.25) is 0 Å². The summed E-state index contributed by atoms with van der Waals surface area (Å²) in [6, 6.07) is 8.16. The van der Waals surface area contributed by atoms with Crippen LogP contribution >= 0.6 is 0 Å². The Morgan fingerprint density at radius 1 is 1.29 bits per heavy atom. The van der Waals surface area contributed by atoms with Gasteiger partial charge in [-0.2, -0.15) is 0 Å². The summed E-state index contributed by atoms with van der Waals surface area (Å²) < 4.78 is 19.0. The summed E-state index contributed by atoms with van der Waals surface area (Å²) in [7, 11) is 0. The van der Waals surface area contributed by atoms with Crippen molar-refractivity contribution in [2.75, 3.05) is 0 Å².